The van der Waals surface area contributed by atoms with Crippen LogP contribution >= 0.6 is 11.3 Å². The van der Waals surface area contributed by atoms with E-state index in [2.05, 4.69) is 20.3 Å². The highest BCUT2D eigenvalue weighted by Crippen LogP contribution is 2.33. The normalized spacial score (nSPS) is 11.6. The first-order chi connectivity index (χ1) is 12.2. The second-order valence-corrected chi connectivity index (χ2v) is 6.82. The molecule has 0 aliphatic carbocycles. The van der Waals surface area contributed by atoms with E-state index in [-0.39, 0.29) is 0 Å². The fraction of sp³-hybridized carbons (Fsp3) is 0.111. The Labute approximate surface area is 146 Å². The second kappa shape index (κ2) is 5.22. The lowest BCUT2D eigenvalue weighted by atomic mass is 10.1. The molecule has 0 amide bonds. The maximum Gasteiger partial charge on any atom is 0.235 e. The van der Waals surface area contributed by atoms with Gasteiger partial charge in [0.05, 0.1) is 0 Å². The van der Waals surface area contributed by atoms with Gasteiger partial charge in [-0.3, -0.25) is 4.98 Å². The molecule has 0 saturated carbocycles. The van der Waals surface area contributed by atoms with Gasteiger partial charge in [0.2, 0.25) is 10.8 Å². The first-order valence-corrected chi connectivity index (χ1v) is 8.66. The molecule has 122 valence electrons. The van der Waals surface area contributed by atoms with Crippen LogP contribution in [-0.4, -0.2) is 24.8 Å². The number of aryl methyl sites for hydroxylation is 2. The van der Waals surface area contributed by atoms with Crippen LogP contribution in [0.3, 0.4) is 0 Å². The molecule has 0 spiro atoms. The number of pyridine rings is 1. The smallest absolute Gasteiger partial charge is 0.235 e. The lowest BCUT2D eigenvalue weighted by Crippen LogP contribution is -1.91. The summed E-state index contributed by atoms with van der Waals surface area (Å²) in [6.07, 6.45) is 1.83. The lowest BCUT2D eigenvalue weighted by Gasteiger charge is -1.96. The third kappa shape index (κ3) is 2.16. The average Bonchev–Trinajstić information content (AvgIpc) is 3.29. The summed E-state index contributed by atoms with van der Waals surface area (Å²) < 4.78 is 7.75. The minimum Gasteiger partial charge on any atom is -0.452 e. The van der Waals surface area contributed by atoms with Gasteiger partial charge in [-0.15, -0.1) is 10.2 Å². The van der Waals surface area contributed by atoms with Crippen LogP contribution in [0.1, 0.15) is 11.3 Å². The van der Waals surface area contributed by atoms with Crippen LogP contribution in [0.5, 0.6) is 0 Å². The van der Waals surface area contributed by atoms with Crippen molar-refractivity contribution in [3.8, 4) is 22.2 Å². The summed E-state index contributed by atoms with van der Waals surface area (Å²) in [5.74, 6) is 1.32. The van der Waals surface area contributed by atoms with Gasteiger partial charge in [-0.1, -0.05) is 29.5 Å². The summed E-state index contributed by atoms with van der Waals surface area (Å²) in [7, 11) is 0. The van der Waals surface area contributed by atoms with Gasteiger partial charge in [-0.05, 0) is 32.0 Å². The van der Waals surface area contributed by atoms with Crippen LogP contribution in [0.15, 0.2) is 47.0 Å². The van der Waals surface area contributed by atoms with Crippen LogP contribution < -0.4 is 0 Å². The fourth-order valence-electron chi connectivity index (χ4n) is 2.86. The Morgan fingerprint density at radius 2 is 1.92 bits per heavy atom. The van der Waals surface area contributed by atoms with E-state index < -0.39 is 0 Å². The molecule has 1 aromatic carbocycles. The van der Waals surface area contributed by atoms with E-state index in [1.165, 1.54) is 11.3 Å². The Balaban J connectivity index is 1.69. The first kappa shape index (κ1) is 14.3. The zero-order valence-corrected chi connectivity index (χ0v) is 14.4. The molecule has 4 heterocycles. The topological polar surface area (TPSA) is 69.1 Å². The highest BCUT2D eigenvalue weighted by Gasteiger charge is 2.20. The molecule has 7 heteroatoms. The van der Waals surface area contributed by atoms with Crippen LogP contribution in [-0.2, 0) is 0 Å². The van der Waals surface area contributed by atoms with Crippen molar-refractivity contribution in [2.45, 2.75) is 13.8 Å². The number of hydrogen-bond acceptors (Lipinski definition) is 6. The summed E-state index contributed by atoms with van der Waals surface area (Å²) in [4.78, 5) is 5.06. The summed E-state index contributed by atoms with van der Waals surface area (Å²) >= 11 is 1.48. The predicted octanol–water partition coefficient (Wildman–Crippen LogP) is 4.28. The van der Waals surface area contributed by atoms with Gasteiger partial charge in [-0.25, -0.2) is 0 Å². The Bertz CT molecular complexity index is 1220. The molecule has 0 aliphatic heterocycles. The molecule has 0 saturated heterocycles. The van der Waals surface area contributed by atoms with Crippen molar-refractivity contribution in [1.29, 1.82) is 0 Å². The number of hydrogen-bond donors (Lipinski definition) is 0. The molecule has 5 aromatic rings. The standard InChI is InChI=1S/C18H13N5OS/c1-10-7-8-12(9-19-10)17-22-23-16(20-21-18(23)25-17)15-11(2)13-5-3-4-6-14(13)24-15/h3-9H,1-2H3. The number of rotatable bonds is 2. The minimum atomic E-state index is 0.617. The zero-order valence-electron chi connectivity index (χ0n) is 13.6. The van der Waals surface area contributed by atoms with Crippen molar-refractivity contribution in [3.63, 3.8) is 0 Å². The Morgan fingerprint density at radius 3 is 2.72 bits per heavy atom. The number of furan rings is 1. The molecule has 25 heavy (non-hydrogen) atoms. The van der Waals surface area contributed by atoms with Gasteiger partial charge >= 0.3 is 0 Å². The molecule has 4 aromatic heterocycles. The maximum absolute atomic E-state index is 6.01. The minimum absolute atomic E-state index is 0.617. The summed E-state index contributed by atoms with van der Waals surface area (Å²) in [5, 5.41) is 15.1. The van der Waals surface area contributed by atoms with Crippen LogP contribution in [0.2, 0.25) is 0 Å². The molecular formula is C18H13N5OS. The largest absolute Gasteiger partial charge is 0.452 e. The van der Waals surface area contributed by atoms with E-state index in [1.54, 1.807) is 4.52 Å². The molecule has 0 fully saturated rings. The molecule has 0 N–H and O–H groups in total. The predicted molar refractivity (Wildman–Crippen MR) is 96.6 cm³/mol. The molecule has 0 unspecified atom stereocenters. The van der Waals surface area contributed by atoms with Gasteiger partial charge in [0, 0.05) is 28.4 Å². The monoisotopic (exact) mass is 347 g/mol. The van der Waals surface area contributed by atoms with Crippen LogP contribution in [0, 0.1) is 13.8 Å². The molecule has 6 nitrogen and oxygen atoms in total. The van der Waals surface area contributed by atoms with Gasteiger partial charge in [0.25, 0.3) is 0 Å². The number of fused-ring (bicyclic) bond motifs is 2. The third-order valence-electron chi connectivity index (χ3n) is 4.20. The van der Waals surface area contributed by atoms with Crippen molar-refractivity contribution < 1.29 is 4.42 Å². The quantitative estimate of drug-likeness (QED) is 0.477. The van der Waals surface area contributed by atoms with E-state index in [9.17, 15) is 0 Å². The summed E-state index contributed by atoms with van der Waals surface area (Å²) in [6.45, 7) is 3.99. The highest BCUT2D eigenvalue weighted by molar-refractivity contribution is 7.19. The first-order valence-electron chi connectivity index (χ1n) is 7.84. The van der Waals surface area contributed by atoms with E-state index in [0.29, 0.717) is 11.6 Å². The van der Waals surface area contributed by atoms with Gasteiger partial charge < -0.3 is 4.42 Å². The van der Waals surface area contributed by atoms with Crippen molar-refractivity contribution in [3.05, 3.63) is 53.9 Å². The Kier molecular flexibility index (Phi) is 2.98. The SMILES string of the molecule is Cc1ccc(-c2nn3c(-c4oc5ccccc5c4C)nnc3s2)cn1. The number of nitrogens with zero attached hydrogens (tertiary/aromatic N) is 5. The second-order valence-electron chi connectivity index (χ2n) is 5.87. The molecule has 0 radical (unpaired) electrons. The van der Waals surface area contributed by atoms with Gasteiger partial charge in [-0.2, -0.15) is 9.61 Å². The molecule has 0 bridgehead atoms. The molecule has 0 atom stereocenters. The highest BCUT2D eigenvalue weighted by atomic mass is 32.1. The number of para-hydroxylation sites is 1. The molecule has 0 aliphatic rings. The van der Waals surface area contributed by atoms with Crippen molar-refractivity contribution in [2.24, 2.45) is 0 Å². The lowest BCUT2D eigenvalue weighted by molar-refractivity contribution is 0.619. The number of benzene rings is 1. The van der Waals surface area contributed by atoms with Crippen LogP contribution in [0.4, 0.5) is 0 Å². The van der Waals surface area contributed by atoms with Gasteiger partial charge in [0.1, 0.15) is 10.6 Å². The summed E-state index contributed by atoms with van der Waals surface area (Å²) in [6, 6.07) is 11.9. The van der Waals surface area contributed by atoms with E-state index in [0.717, 1.165) is 37.8 Å². The molecule has 5 rings (SSSR count). The van der Waals surface area contributed by atoms with Gasteiger partial charge in [0.15, 0.2) is 5.76 Å². The van der Waals surface area contributed by atoms with E-state index >= 15 is 0 Å². The van der Waals surface area contributed by atoms with Crippen molar-refractivity contribution >= 4 is 27.3 Å². The fourth-order valence-corrected chi connectivity index (χ4v) is 3.69. The zero-order chi connectivity index (χ0) is 17.0. The van der Waals surface area contributed by atoms with E-state index in [4.69, 9.17) is 4.42 Å². The molecular weight excluding hydrogens is 334 g/mol. The number of aromatic nitrogens is 5. The Hall–Kier alpha value is -3.06. The van der Waals surface area contributed by atoms with Crippen molar-refractivity contribution in [1.82, 2.24) is 24.8 Å². The van der Waals surface area contributed by atoms with Crippen molar-refractivity contribution in [2.75, 3.05) is 0 Å². The maximum atomic E-state index is 6.01. The third-order valence-corrected chi connectivity index (χ3v) is 5.14. The Morgan fingerprint density at radius 1 is 1.04 bits per heavy atom. The van der Waals surface area contributed by atoms with Crippen LogP contribution in [0.25, 0.3) is 38.1 Å². The van der Waals surface area contributed by atoms with E-state index in [1.807, 2.05) is 56.4 Å². The summed E-state index contributed by atoms with van der Waals surface area (Å²) in [5.41, 5.74) is 3.82. The average molecular weight is 347 g/mol.